The quantitative estimate of drug-likeness (QED) is 0.621. The number of carbonyl (C=O) groups excluding carboxylic acids is 1. The summed E-state index contributed by atoms with van der Waals surface area (Å²) in [4.78, 5) is 13.5. The van der Waals surface area contributed by atoms with Crippen LogP contribution in [0.5, 0.6) is 0 Å². The van der Waals surface area contributed by atoms with Gasteiger partial charge in [-0.1, -0.05) is 0 Å². The Morgan fingerprint density at radius 3 is 2.50 bits per heavy atom. The van der Waals surface area contributed by atoms with Crippen LogP contribution in [0.15, 0.2) is 0 Å². The van der Waals surface area contributed by atoms with E-state index in [1.54, 1.807) is 7.11 Å². The lowest BCUT2D eigenvalue weighted by Gasteiger charge is -2.30. The van der Waals surface area contributed by atoms with Crippen LogP contribution in [0, 0.1) is 5.92 Å². The second kappa shape index (κ2) is 5.98. The summed E-state index contributed by atoms with van der Waals surface area (Å²) in [6, 6.07) is 0. The first kappa shape index (κ1) is 11.5. The van der Waals surface area contributed by atoms with E-state index in [-0.39, 0.29) is 11.9 Å². The molecule has 14 heavy (non-hydrogen) atoms. The first-order chi connectivity index (χ1) is 6.77. The van der Waals surface area contributed by atoms with Crippen LogP contribution in [0.25, 0.3) is 0 Å². The third kappa shape index (κ3) is 3.27. The molecular formula is C10H19NO3. The fourth-order valence-corrected chi connectivity index (χ4v) is 1.78. The van der Waals surface area contributed by atoms with E-state index in [1.807, 2.05) is 0 Å². The summed E-state index contributed by atoms with van der Waals surface area (Å²) in [5.41, 5.74) is 0. The summed E-state index contributed by atoms with van der Waals surface area (Å²) in [5.74, 6) is 0.0511. The summed E-state index contributed by atoms with van der Waals surface area (Å²) < 4.78 is 9.73. The highest BCUT2D eigenvalue weighted by atomic mass is 16.5. The molecule has 0 saturated carbocycles. The molecule has 1 aliphatic heterocycles. The molecule has 0 bridgehead atoms. The van der Waals surface area contributed by atoms with Gasteiger partial charge in [0.25, 0.3) is 0 Å². The van der Waals surface area contributed by atoms with Gasteiger partial charge in [0.2, 0.25) is 0 Å². The maximum Gasteiger partial charge on any atom is 0.308 e. The number of hydrogen-bond donors (Lipinski definition) is 0. The lowest BCUT2D eigenvalue weighted by molar-refractivity contribution is -0.147. The van der Waals surface area contributed by atoms with Gasteiger partial charge in [-0.3, -0.25) is 4.79 Å². The molecule has 82 valence electrons. The molecule has 0 amide bonds. The molecule has 0 aromatic carbocycles. The molecule has 0 spiro atoms. The summed E-state index contributed by atoms with van der Waals surface area (Å²) >= 11 is 0. The van der Waals surface area contributed by atoms with Crippen molar-refractivity contribution in [2.24, 2.45) is 5.92 Å². The van der Waals surface area contributed by atoms with E-state index in [0.29, 0.717) is 0 Å². The van der Waals surface area contributed by atoms with Crippen LogP contribution in [-0.4, -0.2) is 51.3 Å². The number of esters is 1. The monoisotopic (exact) mass is 201 g/mol. The van der Waals surface area contributed by atoms with Crippen LogP contribution in [0.3, 0.4) is 0 Å². The maximum atomic E-state index is 11.2. The van der Waals surface area contributed by atoms with Crippen molar-refractivity contribution in [2.75, 3.05) is 40.5 Å². The van der Waals surface area contributed by atoms with E-state index in [0.717, 1.165) is 39.1 Å². The van der Waals surface area contributed by atoms with E-state index < -0.39 is 0 Å². The van der Waals surface area contributed by atoms with Gasteiger partial charge in [-0.05, 0) is 25.9 Å². The van der Waals surface area contributed by atoms with Gasteiger partial charge in [0, 0.05) is 13.7 Å². The minimum absolute atomic E-state index is 0.0589. The van der Waals surface area contributed by atoms with Crippen molar-refractivity contribution in [3.63, 3.8) is 0 Å². The van der Waals surface area contributed by atoms with E-state index in [1.165, 1.54) is 7.11 Å². The Hall–Kier alpha value is -0.610. The average molecular weight is 201 g/mol. The molecule has 4 nitrogen and oxygen atoms in total. The number of likely N-dealkylation sites (tertiary alicyclic amines) is 1. The molecule has 0 radical (unpaired) electrons. The van der Waals surface area contributed by atoms with E-state index in [4.69, 9.17) is 9.47 Å². The van der Waals surface area contributed by atoms with Gasteiger partial charge in [0.05, 0.1) is 19.6 Å². The third-order valence-electron chi connectivity index (χ3n) is 2.73. The first-order valence-corrected chi connectivity index (χ1v) is 5.07. The zero-order valence-corrected chi connectivity index (χ0v) is 8.99. The van der Waals surface area contributed by atoms with Crippen molar-refractivity contribution in [1.29, 1.82) is 0 Å². The Morgan fingerprint density at radius 1 is 1.36 bits per heavy atom. The van der Waals surface area contributed by atoms with Crippen molar-refractivity contribution in [1.82, 2.24) is 4.90 Å². The second-order valence-corrected chi connectivity index (χ2v) is 3.63. The Bertz CT molecular complexity index is 176. The average Bonchev–Trinajstić information content (AvgIpc) is 2.26. The van der Waals surface area contributed by atoms with Crippen LogP contribution >= 0.6 is 0 Å². The van der Waals surface area contributed by atoms with Gasteiger partial charge < -0.3 is 14.4 Å². The van der Waals surface area contributed by atoms with Gasteiger partial charge in [-0.2, -0.15) is 0 Å². The lowest BCUT2D eigenvalue weighted by atomic mass is 9.97. The highest BCUT2D eigenvalue weighted by molar-refractivity contribution is 5.72. The summed E-state index contributed by atoms with van der Waals surface area (Å²) in [7, 11) is 3.17. The number of piperidine rings is 1. The maximum absolute atomic E-state index is 11.2. The van der Waals surface area contributed by atoms with Crippen molar-refractivity contribution in [3.05, 3.63) is 0 Å². The Morgan fingerprint density at radius 2 is 2.00 bits per heavy atom. The summed E-state index contributed by atoms with van der Waals surface area (Å²) in [5, 5.41) is 0. The Labute approximate surface area is 85.2 Å². The van der Waals surface area contributed by atoms with Gasteiger partial charge in [-0.25, -0.2) is 0 Å². The van der Waals surface area contributed by atoms with E-state index >= 15 is 0 Å². The number of carbonyl (C=O) groups is 1. The molecule has 0 atom stereocenters. The molecule has 1 fully saturated rings. The highest BCUT2D eigenvalue weighted by Crippen LogP contribution is 2.17. The smallest absolute Gasteiger partial charge is 0.308 e. The predicted molar refractivity (Wildman–Crippen MR) is 53.1 cm³/mol. The molecule has 4 heteroatoms. The van der Waals surface area contributed by atoms with Crippen molar-refractivity contribution in [3.8, 4) is 0 Å². The van der Waals surface area contributed by atoms with Crippen LogP contribution in [0.2, 0.25) is 0 Å². The standard InChI is InChI=1S/C10H19NO3/c1-13-8-7-11-5-3-9(4-6-11)10(12)14-2/h9H,3-8H2,1-2H3. The Balaban J connectivity index is 2.20. The van der Waals surface area contributed by atoms with Crippen LogP contribution in [-0.2, 0) is 14.3 Å². The van der Waals surface area contributed by atoms with Crippen molar-refractivity contribution < 1.29 is 14.3 Å². The molecule has 0 aromatic heterocycles. The molecule has 1 rings (SSSR count). The topological polar surface area (TPSA) is 38.8 Å². The first-order valence-electron chi connectivity index (χ1n) is 5.07. The van der Waals surface area contributed by atoms with Gasteiger partial charge in [-0.15, -0.1) is 0 Å². The largest absolute Gasteiger partial charge is 0.469 e. The van der Waals surface area contributed by atoms with Crippen molar-refractivity contribution in [2.45, 2.75) is 12.8 Å². The number of nitrogens with zero attached hydrogens (tertiary/aromatic N) is 1. The molecule has 1 saturated heterocycles. The number of rotatable bonds is 4. The number of hydrogen-bond acceptors (Lipinski definition) is 4. The minimum atomic E-state index is -0.0589. The van der Waals surface area contributed by atoms with E-state index in [2.05, 4.69) is 4.90 Å². The van der Waals surface area contributed by atoms with Gasteiger partial charge in [0.1, 0.15) is 0 Å². The fourth-order valence-electron chi connectivity index (χ4n) is 1.78. The molecule has 1 aliphatic rings. The van der Waals surface area contributed by atoms with E-state index in [9.17, 15) is 4.79 Å². The summed E-state index contributed by atoms with van der Waals surface area (Å²) in [6.07, 6.45) is 1.83. The van der Waals surface area contributed by atoms with Crippen LogP contribution in [0.1, 0.15) is 12.8 Å². The fraction of sp³-hybridized carbons (Fsp3) is 0.900. The summed E-state index contributed by atoms with van der Waals surface area (Å²) in [6.45, 7) is 3.68. The number of ether oxygens (including phenoxy) is 2. The predicted octanol–water partition coefficient (Wildman–Crippen LogP) is 0.518. The minimum Gasteiger partial charge on any atom is -0.469 e. The molecule has 0 N–H and O–H groups in total. The second-order valence-electron chi connectivity index (χ2n) is 3.63. The molecule has 0 aromatic rings. The van der Waals surface area contributed by atoms with Gasteiger partial charge in [0.15, 0.2) is 0 Å². The molecule has 1 heterocycles. The van der Waals surface area contributed by atoms with Crippen LogP contribution in [0.4, 0.5) is 0 Å². The highest BCUT2D eigenvalue weighted by Gasteiger charge is 2.24. The molecule has 0 unspecified atom stereocenters. The molecule has 0 aliphatic carbocycles. The van der Waals surface area contributed by atoms with Gasteiger partial charge >= 0.3 is 5.97 Å². The normalized spacial score (nSPS) is 19.6. The van der Waals surface area contributed by atoms with Crippen molar-refractivity contribution >= 4 is 5.97 Å². The zero-order chi connectivity index (χ0) is 10.4. The lowest BCUT2D eigenvalue weighted by Crippen LogP contribution is -2.38. The van der Waals surface area contributed by atoms with Crippen LogP contribution < -0.4 is 0 Å². The number of methoxy groups -OCH3 is 2. The SMILES string of the molecule is COCCN1CCC(C(=O)OC)CC1. The molecular weight excluding hydrogens is 182 g/mol. The zero-order valence-electron chi connectivity index (χ0n) is 8.99. The Kier molecular flexibility index (Phi) is 4.90. The third-order valence-corrected chi connectivity index (χ3v) is 2.73.